The molecule has 0 fully saturated rings. The topological polar surface area (TPSA) is 41.6 Å². The Labute approximate surface area is 76.5 Å². The van der Waals surface area contributed by atoms with Gasteiger partial charge < -0.3 is 4.98 Å². The molecule has 1 aliphatic carbocycles. The monoisotopic (exact) mass is 173 g/mol. The second-order valence-corrected chi connectivity index (χ2v) is 3.60. The maximum Gasteiger partial charge on any atom is 0.111 e. The van der Waals surface area contributed by atoms with Crippen LogP contribution in [0.5, 0.6) is 0 Å². The van der Waals surface area contributed by atoms with Gasteiger partial charge in [0, 0.05) is 17.5 Å². The number of pyridine rings is 1. The average molecular weight is 173 g/mol. The molecular formula is C10H11N3. The number of aromatic nitrogens is 3. The van der Waals surface area contributed by atoms with Crippen molar-refractivity contribution in [3.63, 3.8) is 0 Å². The van der Waals surface area contributed by atoms with Gasteiger partial charge >= 0.3 is 0 Å². The zero-order chi connectivity index (χ0) is 8.67. The van der Waals surface area contributed by atoms with Crippen molar-refractivity contribution in [2.45, 2.75) is 25.7 Å². The standard InChI is InChI=1S/C10H11N3/c1-2-4-9-7(3-1)8-5-12-13-10(8)6-11-9/h5-6,11H,1-4H2. The van der Waals surface area contributed by atoms with Crippen LogP contribution in [-0.2, 0) is 12.8 Å². The summed E-state index contributed by atoms with van der Waals surface area (Å²) >= 11 is 0. The average Bonchev–Trinajstić information content (AvgIpc) is 2.65. The van der Waals surface area contributed by atoms with Crippen LogP contribution in [0.2, 0.25) is 0 Å². The number of hydrogen-bond acceptors (Lipinski definition) is 2. The van der Waals surface area contributed by atoms with Crippen molar-refractivity contribution in [3.8, 4) is 11.3 Å². The molecule has 0 saturated heterocycles. The van der Waals surface area contributed by atoms with E-state index >= 15 is 0 Å². The summed E-state index contributed by atoms with van der Waals surface area (Å²) in [4.78, 5) is 3.32. The van der Waals surface area contributed by atoms with Crippen LogP contribution in [0, 0.1) is 0 Å². The van der Waals surface area contributed by atoms with Gasteiger partial charge in [0.15, 0.2) is 0 Å². The van der Waals surface area contributed by atoms with Crippen LogP contribution in [-0.4, -0.2) is 15.2 Å². The molecule has 2 heterocycles. The van der Waals surface area contributed by atoms with Crippen molar-refractivity contribution in [1.82, 2.24) is 15.2 Å². The lowest BCUT2D eigenvalue weighted by atomic mass is 9.92. The highest BCUT2D eigenvalue weighted by atomic mass is 15.1. The molecule has 0 saturated carbocycles. The van der Waals surface area contributed by atoms with E-state index < -0.39 is 0 Å². The number of nitrogens with one attached hydrogen (secondary N) is 1. The predicted octanol–water partition coefficient (Wildman–Crippen LogP) is 1.79. The lowest BCUT2D eigenvalue weighted by molar-refractivity contribution is 0.669. The lowest BCUT2D eigenvalue weighted by Crippen LogP contribution is -2.06. The van der Waals surface area contributed by atoms with Crippen molar-refractivity contribution in [2.75, 3.05) is 0 Å². The fourth-order valence-corrected chi connectivity index (χ4v) is 2.13. The molecule has 3 nitrogen and oxygen atoms in total. The smallest absolute Gasteiger partial charge is 0.111 e. The summed E-state index contributed by atoms with van der Waals surface area (Å²) in [6, 6.07) is 0. The van der Waals surface area contributed by atoms with E-state index in [1.54, 1.807) is 0 Å². The molecule has 0 radical (unpaired) electrons. The van der Waals surface area contributed by atoms with Gasteiger partial charge in [0.2, 0.25) is 0 Å². The molecule has 0 unspecified atom stereocenters. The Balaban J connectivity index is 2.28. The van der Waals surface area contributed by atoms with Gasteiger partial charge in [-0.3, -0.25) is 0 Å². The Morgan fingerprint density at radius 3 is 3.15 bits per heavy atom. The summed E-state index contributed by atoms with van der Waals surface area (Å²) in [6.07, 6.45) is 8.80. The number of hydrogen-bond donors (Lipinski definition) is 1. The van der Waals surface area contributed by atoms with Gasteiger partial charge in [-0.1, -0.05) is 0 Å². The summed E-state index contributed by atoms with van der Waals surface area (Å²) in [5.74, 6) is 0. The van der Waals surface area contributed by atoms with Crippen LogP contribution in [0.25, 0.3) is 11.3 Å². The van der Waals surface area contributed by atoms with E-state index in [4.69, 9.17) is 0 Å². The number of fused-ring (bicyclic) bond motifs is 3. The first-order valence-corrected chi connectivity index (χ1v) is 4.75. The third-order valence-corrected chi connectivity index (χ3v) is 2.80. The molecule has 3 heteroatoms. The van der Waals surface area contributed by atoms with Gasteiger partial charge in [-0.25, -0.2) is 0 Å². The number of nitrogens with zero attached hydrogens (tertiary/aromatic N) is 2. The number of rotatable bonds is 0. The van der Waals surface area contributed by atoms with E-state index in [9.17, 15) is 0 Å². The second-order valence-electron chi connectivity index (χ2n) is 3.60. The largest absolute Gasteiger partial charge is 0.363 e. The van der Waals surface area contributed by atoms with Crippen LogP contribution in [0.15, 0.2) is 12.4 Å². The van der Waals surface area contributed by atoms with Gasteiger partial charge in [0.05, 0.1) is 6.20 Å². The molecule has 0 aromatic carbocycles. The Kier molecular flexibility index (Phi) is 1.39. The first kappa shape index (κ1) is 7.06. The molecule has 0 spiro atoms. The van der Waals surface area contributed by atoms with Gasteiger partial charge in [-0.15, -0.1) is 5.10 Å². The highest BCUT2D eigenvalue weighted by molar-refractivity contribution is 5.64. The Morgan fingerprint density at radius 1 is 1.23 bits per heavy atom. The predicted molar refractivity (Wildman–Crippen MR) is 49.6 cm³/mol. The molecule has 0 atom stereocenters. The normalized spacial score (nSPS) is 16.0. The first-order valence-electron chi connectivity index (χ1n) is 4.75. The zero-order valence-electron chi connectivity index (χ0n) is 7.38. The molecular weight excluding hydrogens is 162 g/mol. The molecule has 3 aliphatic rings. The third kappa shape index (κ3) is 0.963. The Hall–Kier alpha value is -1.38. The van der Waals surface area contributed by atoms with Gasteiger partial charge in [-0.2, -0.15) is 5.10 Å². The summed E-state index contributed by atoms with van der Waals surface area (Å²) in [5.41, 5.74) is 5.07. The minimum atomic E-state index is 1.00. The van der Waals surface area contributed by atoms with Crippen molar-refractivity contribution in [3.05, 3.63) is 23.7 Å². The number of aryl methyl sites for hydroxylation is 1. The van der Waals surface area contributed by atoms with Crippen molar-refractivity contribution in [2.24, 2.45) is 0 Å². The van der Waals surface area contributed by atoms with E-state index in [1.165, 1.54) is 42.5 Å². The number of H-pyrrole nitrogens is 1. The first-order chi connectivity index (χ1) is 6.45. The van der Waals surface area contributed by atoms with Gasteiger partial charge in [0.25, 0.3) is 0 Å². The molecule has 66 valence electrons. The van der Waals surface area contributed by atoms with Crippen molar-refractivity contribution < 1.29 is 0 Å². The molecule has 2 aliphatic heterocycles. The third-order valence-electron chi connectivity index (χ3n) is 2.80. The summed E-state index contributed by atoms with van der Waals surface area (Å²) < 4.78 is 0. The minimum Gasteiger partial charge on any atom is -0.363 e. The SMILES string of the molecule is c1[nH]c2c(c3cnnc1-3)CCCC2. The molecule has 0 aromatic heterocycles. The van der Waals surface area contributed by atoms with Crippen LogP contribution >= 0.6 is 0 Å². The van der Waals surface area contributed by atoms with Crippen LogP contribution in [0.3, 0.4) is 0 Å². The quantitative estimate of drug-likeness (QED) is 0.659. The molecule has 0 amide bonds. The van der Waals surface area contributed by atoms with Crippen molar-refractivity contribution in [1.29, 1.82) is 0 Å². The van der Waals surface area contributed by atoms with E-state index in [2.05, 4.69) is 15.2 Å². The summed E-state index contributed by atoms with van der Waals surface area (Å²) in [5, 5.41) is 7.98. The number of aromatic amines is 1. The highest BCUT2D eigenvalue weighted by Gasteiger charge is 2.17. The van der Waals surface area contributed by atoms with Gasteiger partial charge in [0.1, 0.15) is 5.69 Å². The minimum absolute atomic E-state index is 1.00. The Bertz CT molecular complexity index is 405. The molecule has 1 N–H and O–H groups in total. The molecule has 0 bridgehead atoms. The van der Waals surface area contributed by atoms with Gasteiger partial charge in [-0.05, 0) is 31.2 Å². The van der Waals surface area contributed by atoms with Crippen LogP contribution in [0.4, 0.5) is 0 Å². The van der Waals surface area contributed by atoms with E-state index in [0.717, 1.165) is 5.69 Å². The lowest BCUT2D eigenvalue weighted by Gasteiger charge is -2.17. The summed E-state index contributed by atoms with van der Waals surface area (Å²) in [7, 11) is 0. The van der Waals surface area contributed by atoms with Crippen molar-refractivity contribution >= 4 is 0 Å². The maximum absolute atomic E-state index is 4.05. The summed E-state index contributed by atoms with van der Waals surface area (Å²) in [6.45, 7) is 0. The highest BCUT2D eigenvalue weighted by Crippen LogP contribution is 2.29. The fraction of sp³-hybridized carbons (Fsp3) is 0.400. The molecule has 3 rings (SSSR count). The molecule has 0 aromatic rings. The van der Waals surface area contributed by atoms with E-state index in [1.807, 2.05) is 12.4 Å². The van der Waals surface area contributed by atoms with Crippen LogP contribution in [0.1, 0.15) is 24.1 Å². The van der Waals surface area contributed by atoms with Crippen LogP contribution < -0.4 is 0 Å². The van der Waals surface area contributed by atoms with E-state index in [0.29, 0.717) is 0 Å². The maximum atomic E-state index is 4.05. The Morgan fingerprint density at radius 2 is 2.15 bits per heavy atom. The van der Waals surface area contributed by atoms with E-state index in [-0.39, 0.29) is 0 Å². The molecule has 13 heavy (non-hydrogen) atoms. The zero-order valence-corrected chi connectivity index (χ0v) is 7.38. The fourth-order valence-electron chi connectivity index (χ4n) is 2.13. The second kappa shape index (κ2) is 2.55.